The molecular formula is C23H25N5O. The van der Waals surface area contributed by atoms with Crippen LogP contribution in [0.4, 0.5) is 17.2 Å². The predicted molar refractivity (Wildman–Crippen MR) is 119 cm³/mol. The maximum atomic E-state index is 8.91. The fraction of sp³-hybridized carbons (Fsp3) is 0.217. The van der Waals surface area contributed by atoms with Crippen LogP contribution in [0.15, 0.2) is 60.8 Å². The molecule has 2 aromatic carbocycles. The second-order valence-electron chi connectivity index (χ2n) is 7.00. The summed E-state index contributed by atoms with van der Waals surface area (Å²) in [7, 11) is 1.88. The summed E-state index contributed by atoms with van der Waals surface area (Å²) in [6.07, 6.45) is 1.70. The van der Waals surface area contributed by atoms with Crippen molar-refractivity contribution in [3.8, 4) is 11.1 Å². The topological polar surface area (TPSA) is 87.3 Å². The fourth-order valence-corrected chi connectivity index (χ4v) is 3.61. The molecule has 1 aliphatic rings. The van der Waals surface area contributed by atoms with Gasteiger partial charge >= 0.3 is 0 Å². The van der Waals surface area contributed by atoms with E-state index in [9.17, 15) is 0 Å². The van der Waals surface area contributed by atoms with Crippen LogP contribution in [0.3, 0.4) is 0 Å². The minimum absolute atomic E-state index is 0.480. The lowest BCUT2D eigenvalue weighted by Crippen LogP contribution is -2.36. The van der Waals surface area contributed by atoms with E-state index in [2.05, 4.69) is 27.3 Å². The number of morpholine rings is 1. The van der Waals surface area contributed by atoms with Gasteiger partial charge < -0.3 is 20.7 Å². The minimum Gasteiger partial charge on any atom is -0.388 e. The summed E-state index contributed by atoms with van der Waals surface area (Å²) < 4.78 is 5.46. The van der Waals surface area contributed by atoms with Gasteiger partial charge in [-0.15, -0.1) is 0 Å². The number of nitrogens with zero attached hydrogens (tertiary/aromatic N) is 2. The van der Waals surface area contributed by atoms with E-state index in [1.165, 1.54) is 0 Å². The number of nitrogens with one attached hydrogen (secondary N) is 2. The Kier molecular flexibility index (Phi) is 5.44. The van der Waals surface area contributed by atoms with Crippen molar-refractivity contribution in [1.82, 2.24) is 4.98 Å². The Morgan fingerprint density at radius 3 is 2.62 bits per heavy atom. The van der Waals surface area contributed by atoms with Crippen LogP contribution in [0, 0.1) is 5.41 Å². The lowest BCUT2D eigenvalue weighted by atomic mass is 9.96. The molecule has 148 valence electrons. The number of benzene rings is 2. The molecule has 1 saturated heterocycles. The smallest absolute Gasteiger partial charge is 0.123 e. The number of nitrogen functional groups attached to an aromatic ring is 1. The van der Waals surface area contributed by atoms with Crippen molar-refractivity contribution in [1.29, 1.82) is 5.41 Å². The second kappa shape index (κ2) is 8.32. The monoisotopic (exact) mass is 387 g/mol. The van der Waals surface area contributed by atoms with E-state index in [0.29, 0.717) is 11.5 Å². The summed E-state index contributed by atoms with van der Waals surface area (Å²) in [6, 6.07) is 18.0. The average Bonchev–Trinajstić information content (AvgIpc) is 2.79. The Labute approximate surface area is 170 Å². The molecule has 0 saturated carbocycles. The van der Waals surface area contributed by atoms with Crippen LogP contribution < -0.4 is 16.0 Å². The van der Waals surface area contributed by atoms with Gasteiger partial charge in [0.15, 0.2) is 0 Å². The highest BCUT2D eigenvalue weighted by Gasteiger charge is 2.15. The Hall–Kier alpha value is -3.38. The molecule has 6 heteroatoms. The highest BCUT2D eigenvalue weighted by molar-refractivity contribution is 6.15. The summed E-state index contributed by atoms with van der Waals surface area (Å²) in [6.45, 7) is 3.22. The number of pyridine rings is 1. The van der Waals surface area contributed by atoms with Crippen LogP contribution >= 0.6 is 0 Å². The number of hydrogen-bond acceptors (Lipinski definition) is 6. The van der Waals surface area contributed by atoms with Gasteiger partial charge in [0.2, 0.25) is 0 Å². The van der Waals surface area contributed by atoms with Gasteiger partial charge in [0.25, 0.3) is 0 Å². The van der Waals surface area contributed by atoms with Gasteiger partial charge in [-0.05, 0) is 47.5 Å². The average molecular weight is 387 g/mol. The normalized spacial score (nSPS) is 13.9. The van der Waals surface area contributed by atoms with Crippen LogP contribution in [-0.2, 0) is 4.74 Å². The van der Waals surface area contributed by atoms with Crippen molar-refractivity contribution in [2.24, 2.45) is 0 Å². The lowest BCUT2D eigenvalue weighted by Gasteiger charge is -2.29. The first-order valence-corrected chi connectivity index (χ1v) is 9.71. The first-order chi connectivity index (χ1) is 14.2. The number of rotatable bonds is 5. The van der Waals surface area contributed by atoms with Crippen LogP contribution in [0.25, 0.3) is 11.1 Å². The van der Waals surface area contributed by atoms with Crippen molar-refractivity contribution in [3.05, 3.63) is 71.9 Å². The molecule has 0 spiro atoms. The van der Waals surface area contributed by atoms with E-state index in [1.54, 1.807) is 6.20 Å². The zero-order valence-corrected chi connectivity index (χ0v) is 16.5. The zero-order valence-electron chi connectivity index (χ0n) is 16.5. The molecule has 2 heterocycles. The number of anilines is 3. The number of hydrogen-bond donors (Lipinski definition) is 3. The Morgan fingerprint density at radius 1 is 1.07 bits per heavy atom. The van der Waals surface area contributed by atoms with Gasteiger partial charge in [-0.3, -0.25) is 5.41 Å². The SMILES string of the molecule is CNc1ccc(-c2ccnc(N)c2)cc1C(=N)c1cccc(N2CCOCC2)c1. The molecule has 3 aromatic rings. The predicted octanol–water partition coefficient (Wildman–Crippen LogP) is 3.63. The Bertz CT molecular complexity index is 1030. The van der Waals surface area contributed by atoms with Crippen molar-refractivity contribution in [2.45, 2.75) is 0 Å². The third-order valence-electron chi connectivity index (χ3n) is 5.18. The fourth-order valence-electron chi connectivity index (χ4n) is 3.61. The van der Waals surface area contributed by atoms with Gasteiger partial charge in [0.05, 0.1) is 18.9 Å². The van der Waals surface area contributed by atoms with Crippen LogP contribution in [0.5, 0.6) is 0 Å². The molecule has 4 N–H and O–H groups in total. The second-order valence-corrected chi connectivity index (χ2v) is 7.00. The summed E-state index contributed by atoms with van der Waals surface area (Å²) in [5, 5.41) is 12.1. The summed E-state index contributed by atoms with van der Waals surface area (Å²) in [5.74, 6) is 0.482. The molecule has 29 heavy (non-hydrogen) atoms. The molecule has 4 rings (SSSR count). The van der Waals surface area contributed by atoms with E-state index in [1.807, 2.05) is 49.5 Å². The van der Waals surface area contributed by atoms with E-state index in [4.69, 9.17) is 15.9 Å². The third kappa shape index (κ3) is 4.07. The van der Waals surface area contributed by atoms with Crippen molar-refractivity contribution in [3.63, 3.8) is 0 Å². The first-order valence-electron chi connectivity index (χ1n) is 9.71. The van der Waals surface area contributed by atoms with Gasteiger partial charge in [0, 0.05) is 48.8 Å². The van der Waals surface area contributed by atoms with Crippen molar-refractivity contribution in [2.75, 3.05) is 49.3 Å². The molecule has 1 fully saturated rings. The van der Waals surface area contributed by atoms with Gasteiger partial charge in [-0.1, -0.05) is 18.2 Å². The lowest BCUT2D eigenvalue weighted by molar-refractivity contribution is 0.122. The maximum Gasteiger partial charge on any atom is 0.123 e. The van der Waals surface area contributed by atoms with Gasteiger partial charge in [0.1, 0.15) is 5.82 Å². The summed E-state index contributed by atoms with van der Waals surface area (Å²) in [4.78, 5) is 6.37. The number of aromatic nitrogens is 1. The Morgan fingerprint density at radius 2 is 1.86 bits per heavy atom. The number of nitrogens with two attached hydrogens (primary N) is 1. The molecule has 0 radical (unpaired) electrons. The molecule has 0 bridgehead atoms. The summed E-state index contributed by atoms with van der Waals surface area (Å²) >= 11 is 0. The molecule has 1 aliphatic heterocycles. The van der Waals surface area contributed by atoms with Crippen LogP contribution in [-0.4, -0.2) is 44.0 Å². The largest absolute Gasteiger partial charge is 0.388 e. The third-order valence-corrected chi connectivity index (χ3v) is 5.18. The molecule has 6 nitrogen and oxygen atoms in total. The number of ether oxygens (including phenoxy) is 1. The van der Waals surface area contributed by atoms with E-state index in [0.717, 1.165) is 59.9 Å². The van der Waals surface area contributed by atoms with Gasteiger partial charge in [-0.25, -0.2) is 4.98 Å². The Balaban J connectivity index is 1.70. The highest BCUT2D eigenvalue weighted by atomic mass is 16.5. The van der Waals surface area contributed by atoms with Crippen LogP contribution in [0.2, 0.25) is 0 Å². The van der Waals surface area contributed by atoms with Crippen molar-refractivity contribution < 1.29 is 4.74 Å². The van der Waals surface area contributed by atoms with Crippen LogP contribution in [0.1, 0.15) is 11.1 Å². The standard InChI is InChI=1S/C23H25N5O/c1-26-21-6-5-16(17-7-8-27-22(24)15-17)14-20(21)23(25)18-3-2-4-19(13-18)28-9-11-29-12-10-28/h2-8,13-15,25-26H,9-12H2,1H3,(H2,24,27). The van der Waals surface area contributed by atoms with Crippen molar-refractivity contribution >= 4 is 22.9 Å². The molecule has 0 unspecified atom stereocenters. The van der Waals surface area contributed by atoms with E-state index < -0.39 is 0 Å². The zero-order chi connectivity index (χ0) is 20.2. The minimum atomic E-state index is 0.480. The molecule has 0 aliphatic carbocycles. The molecule has 1 aromatic heterocycles. The first kappa shape index (κ1) is 19.0. The molecule has 0 atom stereocenters. The molecular weight excluding hydrogens is 362 g/mol. The quantitative estimate of drug-likeness (QED) is 0.582. The van der Waals surface area contributed by atoms with Gasteiger partial charge in [-0.2, -0.15) is 0 Å². The highest BCUT2D eigenvalue weighted by Crippen LogP contribution is 2.28. The maximum absolute atomic E-state index is 8.91. The summed E-state index contributed by atoms with van der Waals surface area (Å²) in [5.41, 5.74) is 12.1. The van der Waals surface area contributed by atoms with E-state index in [-0.39, 0.29) is 0 Å². The molecule has 0 amide bonds. The van der Waals surface area contributed by atoms with E-state index >= 15 is 0 Å².